The zero-order chi connectivity index (χ0) is 31.0. The number of hydrogen-bond donors (Lipinski definition) is 7. The lowest BCUT2D eigenvalue weighted by Gasteiger charge is -2.49. The normalized spacial score (nSPS) is 18.4. The number of aromatic hydroxyl groups is 4. The van der Waals surface area contributed by atoms with Gasteiger partial charge >= 0.3 is 5.97 Å². The minimum atomic E-state index is -1.43. The second-order valence-corrected chi connectivity index (χ2v) is 12.9. The first kappa shape index (κ1) is 30.0. The Balaban J connectivity index is 1.34. The summed E-state index contributed by atoms with van der Waals surface area (Å²) in [6.45, 7) is 1.80. The van der Waals surface area contributed by atoms with Gasteiger partial charge in [0.05, 0.1) is 5.56 Å². The van der Waals surface area contributed by atoms with Crippen LogP contribution >= 0.6 is 34.9 Å². The number of rotatable bonds is 9. The molecule has 224 valence electrons. The maximum absolute atomic E-state index is 13.5. The molecule has 7 N–H and O–H groups in total. The van der Waals surface area contributed by atoms with Crippen molar-refractivity contribution in [3.8, 4) is 23.0 Å². The Bertz CT molecular complexity index is 1660. The maximum Gasteiger partial charge on any atom is 0.352 e. The molecule has 5 rings (SSSR count). The smallest absolute Gasteiger partial charge is 0.352 e. The van der Waals surface area contributed by atoms with E-state index in [1.165, 1.54) is 59.1 Å². The highest BCUT2D eigenvalue weighted by Crippen LogP contribution is 2.42. The molecule has 43 heavy (non-hydrogen) atoms. The number of carbonyl (C=O) groups is 4. The second-order valence-electron chi connectivity index (χ2n) is 9.36. The van der Waals surface area contributed by atoms with Crippen LogP contribution in [-0.4, -0.2) is 87.2 Å². The van der Waals surface area contributed by atoms with Crippen molar-refractivity contribution in [2.45, 2.75) is 28.7 Å². The van der Waals surface area contributed by atoms with E-state index < -0.39 is 64.0 Å². The van der Waals surface area contributed by atoms with Crippen molar-refractivity contribution in [3.63, 3.8) is 0 Å². The van der Waals surface area contributed by atoms with Crippen LogP contribution in [0, 0.1) is 6.92 Å². The number of phenols is 4. The van der Waals surface area contributed by atoms with E-state index in [0.29, 0.717) is 9.91 Å². The van der Waals surface area contributed by atoms with Crippen molar-refractivity contribution in [3.05, 3.63) is 63.8 Å². The number of nitrogens with zero attached hydrogens (tertiary/aromatic N) is 3. The van der Waals surface area contributed by atoms with Gasteiger partial charge in [-0.1, -0.05) is 35.2 Å². The van der Waals surface area contributed by atoms with Crippen LogP contribution in [0.15, 0.2) is 52.0 Å². The summed E-state index contributed by atoms with van der Waals surface area (Å²) in [4.78, 5) is 53.0. The number of carbonyl (C=O) groups excluding carboxylic acids is 3. The van der Waals surface area contributed by atoms with Gasteiger partial charge < -0.3 is 36.2 Å². The number of thioether (sulfide) groups is 2. The number of phenolic OH excluding ortho intramolecular Hbond substituents is 4. The third-order valence-electron chi connectivity index (χ3n) is 6.56. The van der Waals surface area contributed by atoms with Crippen molar-refractivity contribution >= 4 is 58.6 Å². The number of aryl methyl sites for hydroxylation is 1. The van der Waals surface area contributed by atoms with Gasteiger partial charge in [0.15, 0.2) is 15.8 Å². The van der Waals surface area contributed by atoms with Gasteiger partial charge in [0.25, 0.3) is 11.8 Å². The molecule has 3 heterocycles. The van der Waals surface area contributed by atoms with E-state index in [9.17, 15) is 44.7 Å². The zero-order valence-corrected chi connectivity index (χ0v) is 24.5. The van der Waals surface area contributed by atoms with E-state index in [-0.39, 0.29) is 28.5 Å². The molecule has 0 saturated carbocycles. The summed E-state index contributed by atoms with van der Waals surface area (Å²) in [5.41, 5.74) is 0.143. The van der Waals surface area contributed by atoms with Gasteiger partial charge in [0, 0.05) is 11.5 Å². The SMILES string of the molecule is Cc1nnc(SCC2=C(C(=O)O)N3C(=O)C(NC(=O)C(NC(=O)c4ccc(O)c(O)c4O)c4ccc(O)cc4)[C@H]3SC2)s1. The molecule has 2 aliphatic heterocycles. The van der Waals surface area contributed by atoms with Gasteiger partial charge in [-0.05, 0) is 42.3 Å². The van der Waals surface area contributed by atoms with Crippen molar-refractivity contribution < 1.29 is 44.7 Å². The molecular formula is C26H23N5O9S3. The minimum absolute atomic E-state index is 0.109. The minimum Gasteiger partial charge on any atom is -0.508 e. The molecule has 2 unspecified atom stereocenters. The molecule has 1 saturated heterocycles. The van der Waals surface area contributed by atoms with E-state index in [1.54, 1.807) is 6.92 Å². The number of benzene rings is 2. The molecular weight excluding hydrogens is 623 g/mol. The van der Waals surface area contributed by atoms with Crippen molar-refractivity contribution in [1.82, 2.24) is 25.7 Å². The molecule has 3 amide bonds. The van der Waals surface area contributed by atoms with E-state index in [0.717, 1.165) is 22.0 Å². The van der Waals surface area contributed by atoms with Crippen LogP contribution in [0.3, 0.4) is 0 Å². The molecule has 0 spiro atoms. The molecule has 3 aromatic rings. The fourth-order valence-corrected chi connectivity index (χ4v) is 7.75. The number of carboxylic acids is 1. The highest BCUT2D eigenvalue weighted by Gasteiger charge is 2.54. The molecule has 14 nitrogen and oxygen atoms in total. The average molecular weight is 646 g/mol. The number of aliphatic carboxylic acids is 1. The van der Waals surface area contributed by atoms with Crippen LogP contribution in [0.5, 0.6) is 23.0 Å². The summed E-state index contributed by atoms with van der Waals surface area (Å²) in [5, 5.41) is 62.2. The van der Waals surface area contributed by atoms with E-state index >= 15 is 0 Å². The predicted octanol–water partition coefficient (Wildman–Crippen LogP) is 1.67. The van der Waals surface area contributed by atoms with Crippen LogP contribution in [0.4, 0.5) is 0 Å². The van der Waals surface area contributed by atoms with E-state index in [1.807, 2.05) is 0 Å². The van der Waals surface area contributed by atoms with Crippen LogP contribution in [-0.2, 0) is 14.4 Å². The molecule has 3 atom stereocenters. The fraction of sp³-hybridized carbons (Fsp3) is 0.231. The average Bonchev–Trinajstić information content (AvgIpc) is 3.40. The Hall–Kier alpha value is -4.48. The van der Waals surface area contributed by atoms with Gasteiger partial charge in [0.2, 0.25) is 11.7 Å². The summed E-state index contributed by atoms with van der Waals surface area (Å²) >= 11 is 3.97. The number of carboxylic acid groups (broad SMARTS) is 1. The zero-order valence-electron chi connectivity index (χ0n) is 22.0. The molecule has 2 aromatic carbocycles. The molecule has 2 aliphatic rings. The number of aromatic nitrogens is 2. The summed E-state index contributed by atoms with van der Waals surface area (Å²) < 4.78 is 0.667. The van der Waals surface area contributed by atoms with Gasteiger partial charge in [-0.15, -0.1) is 22.0 Å². The first-order chi connectivity index (χ1) is 20.5. The van der Waals surface area contributed by atoms with Crippen LogP contribution in [0.1, 0.15) is 27.0 Å². The third kappa shape index (κ3) is 5.91. The van der Waals surface area contributed by atoms with E-state index in [2.05, 4.69) is 20.8 Å². The summed E-state index contributed by atoms with van der Waals surface area (Å²) in [5.74, 6) is -5.77. The highest BCUT2D eigenvalue weighted by atomic mass is 32.2. The first-order valence-electron chi connectivity index (χ1n) is 12.4. The topological polar surface area (TPSA) is 223 Å². The van der Waals surface area contributed by atoms with Crippen LogP contribution < -0.4 is 10.6 Å². The number of fused-ring (bicyclic) bond motifs is 1. The molecule has 17 heteroatoms. The molecule has 0 radical (unpaired) electrons. The third-order valence-corrected chi connectivity index (χ3v) is 9.96. The molecule has 0 aliphatic carbocycles. The highest BCUT2D eigenvalue weighted by molar-refractivity contribution is 8.01. The number of hydrogen-bond acceptors (Lipinski definition) is 13. The lowest BCUT2D eigenvalue weighted by Crippen LogP contribution is -2.71. The maximum atomic E-state index is 13.5. The summed E-state index contributed by atoms with van der Waals surface area (Å²) in [7, 11) is 0. The second kappa shape index (κ2) is 12.0. The van der Waals surface area contributed by atoms with Gasteiger partial charge in [-0.25, -0.2) is 4.79 Å². The number of nitrogens with one attached hydrogen (secondary N) is 2. The standard InChI is InChI=1S/C26H23N5O9S3/c1-10-29-30-26(43-10)42-9-12-8-41-24-17(23(38)31(24)18(12)25(39)40)28-22(37)16(11-2-4-13(32)5-3-11)27-21(36)14-6-7-15(33)20(35)19(14)34/h2-7,16-17,24,32-35H,8-9H2,1H3,(H,27,36)(H,28,37)(H,39,40)/t16?,17?,24-/m1/s1. The van der Waals surface area contributed by atoms with Gasteiger partial charge in [-0.3, -0.25) is 19.3 Å². The largest absolute Gasteiger partial charge is 0.508 e. The van der Waals surface area contributed by atoms with Crippen molar-refractivity contribution in [2.24, 2.45) is 0 Å². The van der Waals surface area contributed by atoms with Crippen molar-refractivity contribution in [1.29, 1.82) is 0 Å². The Morgan fingerprint density at radius 1 is 1.07 bits per heavy atom. The van der Waals surface area contributed by atoms with E-state index in [4.69, 9.17) is 0 Å². The first-order valence-corrected chi connectivity index (χ1v) is 15.3. The Morgan fingerprint density at radius 3 is 2.44 bits per heavy atom. The fourth-order valence-electron chi connectivity index (χ4n) is 4.44. The predicted molar refractivity (Wildman–Crippen MR) is 155 cm³/mol. The van der Waals surface area contributed by atoms with Crippen LogP contribution in [0.2, 0.25) is 0 Å². The van der Waals surface area contributed by atoms with Gasteiger partial charge in [-0.2, -0.15) is 0 Å². The summed E-state index contributed by atoms with van der Waals surface area (Å²) in [6, 6.07) is 4.79. The lowest BCUT2D eigenvalue weighted by molar-refractivity contribution is -0.151. The summed E-state index contributed by atoms with van der Waals surface area (Å²) in [6.07, 6.45) is 0. The quantitative estimate of drug-likeness (QED) is 0.100. The van der Waals surface area contributed by atoms with Gasteiger partial charge in [0.1, 0.15) is 33.9 Å². The Kier molecular flexibility index (Phi) is 8.38. The monoisotopic (exact) mass is 645 g/mol. The molecule has 0 bridgehead atoms. The lowest BCUT2D eigenvalue weighted by atomic mass is 10.0. The Morgan fingerprint density at radius 2 is 1.79 bits per heavy atom. The number of β-lactam (4-membered cyclic amide) rings is 1. The van der Waals surface area contributed by atoms with Crippen molar-refractivity contribution in [2.75, 3.05) is 11.5 Å². The molecule has 1 aromatic heterocycles. The molecule has 1 fully saturated rings. The number of amides is 3. The van der Waals surface area contributed by atoms with Crippen LogP contribution in [0.25, 0.3) is 0 Å². The Labute approximate surface area is 255 Å².